The number of phosphoric ester groups is 1. The lowest BCUT2D eigenvalue weighted by Crippen LogP contribution is -2.07. The van der Waals surface area contributed by atoms with Gasteiger partial charge in [0.25, 0.3) is 0 Å². The minimum atomic E-state index is -3.64. The van der Waals surface area contributed by atoms with Crippen LogP contribution in [0.15, 0.2) is 35.5 Å². The molecule has 0 rings (SSSR count). The smallest absolute Gasteiger partial charge is 0.474 e. The van der Waals surface area contributed by atoms with Crippen LogP contribution in [0, 0.1) is 0 Å². The molecule has 0 fully saturated rings. The van der Waals surface area contributed by atoms with Gasteiger partial charge >= 0.3 is 7.82 Å². The van der Waals surface area contributed by atoms with Crippen LogP contribution < -0.4 is 0 Å². The summed E-state index contributed by atoms with van der Waals surface area (Å²) in [6.07, 6.45) is 6.79. The van der Waals surface area contributed by atoms with Crippen LogP contribution in [0.1, 0.15) is 60.8 Å². The summed E-state index contributed by atoms with van der Waals surface area (Å²) in [4.78, 5) is 0. The maximum absolute atomic E-state index is 12.8. The largest absolute Gasteiger partial charge is 0.501 e. The van der Waals surface area contributed by atoms with Crippen molar-refractivity contribution in [3.05, 3.63) is 35.5 Å². The predicted octanol–water partition coefficient (Wildman–Crippen LogP) is 6.14. The number of allylic oxidation sites excluding steroid dienone is 3. The van der Waals surface area contributed by atoms with Crippen molar-refractivity contribution in [3.8, 4) is 0 Å². The maximum atomic E-state index is 12.8. The molecular formula is C21H39O7P. The van der Waals surface area contributed by atoms with E-state index < -0.39 is 7.82 Å². The lowest BCUT2D eigenvalue weighted by Gasteiger charge is -2.18. The zero-order valence-electron chi connectivity index (χ0n) is 18.9. The van der Waals surface area contributed by atoms with Gasteiger partial charge in [0.2, 0.25) is 0 Å². The zero-order valence-corrected chi connectivity index (χ0v) is 19.8. The Bertz CT molecular complexity index is 467. The highest BCUT2D eigenvalue weighted by Crippen LogP contribution is 2.49. The molecule has 8 heteroatoms. The van der Waals surface area contributed by atoms with E-state index in [4.69, 9.17) is 27.8 Å². The van der Waals surface area contributed by atoms with Gasteiger partial charge in [-0.05, 0) is 58.3 Å². The fourth-order valence-electron chi connectivity index (χ4n) is 1.74. The van der Waals surface area contributed by atoms with Gasteiger partial charge in [-0.1, -0.05) is 0 Å². The van der Waals surface area contributed by atoms with Gasteiger partial charge in [0, 0.05) is 19.3 Å². The van der Waals surface area contributed by atoms with Crippen molar-refractivity contribution in [3.63, 3.8) is 0 Å². The Hall–Kier alpha value is -1.27. The Morgan fingerprint density at radius 2 is 0.828 bits per heavy atom. The van der Waals surface area contributed by atoms with Crippen LogP contribution in [0.5, 0.6) is 0 Å². The van der Waals surface area contributed by atoms with Gasteiger partial charge in [0.1, 0.15) is 0 Å². The minimum absolute atomic E-state index is 0.219. The van der Waals surface area contributed by atoms with Crippen molar-refractivity contribution in [2.24, 2.45) is 0 Å². The van der Waals surface area contributed by atoms with Crippen molar-refractivity contribution in [1.29, 1.82) is 0 Å². The first-order valence-electron chi connectivity index (χ1n) is 10.0. The van der Waals surface area contributed by atoms with Crippen molar-refractivity contribution in [1.82, 2.24) is 0 Å². The van der Waals surface area contributed by atoms with Gasteiger partial charge in [-0.3, -0.25) is 13.6 Å². The van der Waals surface area contributed by atoms with Crippen LogP contribution >= 0.6 is 7.82 Å². The Balaban J connectivity index is 4.29. The molecule has 0 aliphatic heterocycles. The topological polar surface area (TPSA) is 72.5 Å². The highest BCUT2D eigenvalue weighted by atomic mass is 31.2. The zero-order chi connectivity index (χ0) is 22.0. The van der Waals surface area contributed by atoms with E-state index in [0.29, 0.717) is 39.1 Å². The third-order valence-corrected chi connectivity index (χ3v) is 4.42. The van der Waals surface area contributed by atoms with E-state index in [1.807, 2.05) is 41.5 Å². The van der Waals surface area contributed by atoms with Crippen molar-refractivity contribution in [2.45, 2.75) is 60.8 Å². The summed E-state index contributed by atoms with van der Waals surface area (Å²) in [5.41, 5.74) is 3.23. The number of ether oxygens (including phenoxy) is 3. The van der Waals surface area contributed by atoms with Crippen molar-refractivity contribution >= 4 is 7.82 Å². The number of phosphoric acid groups is 1. The molecule has 0 N–H and O–H groups in total. The molecule has 0 aromatic rings. The summed E-state index contributed by atoms with van der Waals surface area (Å²) in [6, 6.07) is 0. The minimum Gasteiger partial charge on any atom is -0.501 e. The van der Waals surface area contributed by atoms with Crippen molar-refractivity contribution < 1.29 is 32.3 Å². The molecule has 0 bridgehead atoms. The van der Waals surface area contributed by atoms with Gasteiger partial charge in [-0.25, -0.2) is 4.57 Å². The van der Waals surface area contributed by atoms with Gasteiger partial charge in [0.15, 0.2) is 0 Å². The second-order valence-electron chi connectivity index (χ2n) is 7.21. The van der Waals surface area contributed by atoms with Crippen LogP contribution in [0.4, 0.5) is 0 Å². The van der Waals surface area contributed by atoms with E-state index >= 15 is 0 Å². The van der Waals surface area contributed by atoms with Crippen LogP contribution in [0.25, 0.3) is 0 Å². The molecule has 0 saturated heterocycles. The predicted molar refractivity (Wildman–Crippen MR) is 115 cm³/mol. The molecule has 170 valence electrons. The highest BCUT2D eigenvalue weighted by molar-refractivity contribution is 7.48. The molecule has 29 heavy (non-hydrogen) atoms. The second kappa shape index (κ2) is 17.6. The Kier molecular flexibility index (Phi) is 16.8. The van der Waals surface area contributed by atoms with Gasteiger partial charge in [-0.15, -0.1) is 0 Å². The normalized spacial score (nSPS) is 10.8. The van der Waals surface area contributed by atoms with Crippen LogP contribution in [-0.2, 0) is 32.3 Å². The molecule has 0 amide bonds. The fourth-order valence-corrected chi connectivity index (χ4v) is 3.03. The lowest BCUT2D eigenvalue weighted by molar-refractivity contribution is 0.0930. The lowest BCUT2D eigenvalue weighted by atomic mass is 10.4. The van der Waals surface area contributed by atoms with Crippen molar-refractivity contribution in [2.75, 3.05) is 39.6 Å². The number of hydrogen-bond donors (Lipinski definition) is 0. The van der Waals surface area contributed by atoms with E-state index in [0.717, 1.165) is 16.7 Å². The van der Waals surface area contributed by atoms with Crippen LogP contribution in [0.3, 0.4) is 0 Å². The second-order valence-corrected chi connectivity index (χ2v) is 8.87. The van der Waals surface area contributed by atoms with E-state index in [2.05, 4.69) is 0 Å². The first-order valence-corrected chi connectivity index (χ1v) is 11.5. The highest BCUT2D eigenvalue weighted by Gasteiger charge is 2.26. The quantitative estimate of drug-likeness (QED) is 0.146. The molecular weight excluding hydrogens is 395 g/mol. The average molecular weight is 435 g/mol. The molecule has 0 aliphatic carbocycles. The van der Waals surface area contributed by atoms with Gasteiger partial charge in [0.05, 0.1) is 58.4 Å². The molecule has 0 heterocycles. The van der Waals surface area contributed by atoms with Crippen LogP contribution in [-0.4, -0.2) is 39.6 Å². The SMILES string of the molecule is CC(C)=COCCCOP(=O)(OCCCOC=C(C)C)OCCCOC=C(C)C. The third kappa shape index (κ3) is 19.8. The average Bonchev–Trinajstić information content (AvgIpc) is 2.63. The molecule has 7 nitrogen and oxygen atoms in total. The molecule has 0 unspecified atom stereocenters. The summed E-state index contributed by atoms with van der Waals surface area (Å²) < 4.78 is 45.1. The summed E-state index contributed by atoms with van der Waals surface area (Å²) >= 11 is 0. The summed E-state index contributed by atoms with van der Waals surface area (Å²) in [7, 11) is -3.64. The molecule has 0 saturated carbocycles. The molecule has 0 radical (unpaired) electrons. The fraction of sp³-hybridized carbons (Fsp3) is 0.714. The van der Waals surface area contributed by atoms with Crippen LogP contribution in [0.2, 0.25) is 0 Å². The Morgan fingerprint density at radius 3 is 1.07 bits per heavy atom. The summed E-state index contributed by atoms with van der Waals surface area (Å²) in [5.74, 6) is 0. The molecule has 0 atom stereocenters. The molecule has 0 spiro atoms. The molecule has 0 aromatic carbocycles. The van der Waals surface area contributed by atoms with Gasteiger partial charge < -0.3 is 14.2 Å². The van der Waals surface area contributed by atoms with Gasteiger partial charge in [-0.2, -0.15) is 0 Å². The summed E-state index contributed by atoms with van der Waals surface area (Å²) in [6.45, 7) is 13.8. The van der Waals surface area contributed by atoms with E-state index in [-0.39, 0.29) is 19.8 Å². The van der Waals surface area contributed by atoms with E-state index in [1.165, 1.54) is 0 Å². The Labute approximate surface area is 176 Å². The third-order valence-electron chi connectivity index (χ3n) is 2.92. The summed E-state index contributed by atoms with van der Waals surface area (Å²) in [5, 5.41) is 0. The van der Waals surface area contributed by atoms with E-state index in [9.17, 15) is 4.57 Å². The number of rotatable bonds is 18. The molecule has 0 aromatic heterocycles. The Morgan fingerprint density at radius 1 is 0.552 bits per heavy atom. The monoisotopic (exact) mass is 434 g/mol. The van der Waals surface area contributed by atoms with E-state index in [1.54, 1.807) is 18.8 Å². The molecule has 0 aliphatic rings. The standard InChI is InChI=1S/C21H39O7P/c1-19(2)16-23-10-7-13-26-29(22,27-14-8-11-24-17-20(3)4)28-15-9-12-25-18-21(5)6/h16-18H,7-15H2,1-6H3. The first kappa shape index (κ1) is 27.7. The number of hydrogen-bond acceptors (Lipinski definition) is 7. The first-order chi connectivity index (χ1) is 13.7. The maximum Gasteiger partial charge on any atom is 0.474 e.